The lowest BCUT2D eigenvalue weighted by molar-refractivity contribution is -0.138. The Kier molecular flexibility index (Phi) is 7.07. The molecule has 10 heteroatoms. The van der Waals surface area contributed by atoms with Crippen LogP contribution in [0.2, 0.25) is 0 Å². The van der Waals surface area contributed by atoms with Crippen molar-refractivity contribution in [3.05, 3.63) is 76.8 Å². The summed E-state index contributed by atoms with van der Waals surface area (Å²) in [6.07, 6.45) is 3.56. The third-order valence-corrected chi connectivity index (χ3v) is 7.83. The largest absolute Gasteiger partial charge is 0.463 e. The number of anilines is 1. The highest BCUT2D eigenvalue weighted by Gasteiger charge is 2.43. The second-order valence-electron chi connectivity index (χ2n) is 8.24. The zero-order valence-corrected chi connectivity index (χ0v) is 21.1. The van der Waals surface area contributed by atoms with E-state index in [0.717, 1.165) is 10.5 Å². The van der Waals surface area contributed by atoms with E-state index in [4.69, 9.17) is 15.6 Å². The number of ketones is 1. The van der Waals surface area contributed by atoms with E-state index >= 15 is 0 Å². The van der Waals surface area contributed by atoms with Gasteiger partial charge in [0.15, 0.2) is 5.78 Å². The summed E-state index contributed by atoms with van der Waals surface area (Å²) < 4.78 is 28.8. The number of hydrogen-bond acceptors (Lipinski definition) is 8. The molecule has 184 valence electrons. The fraction of sp³-hybridized carbons (Fsp3) is 0.280. The van der Waals surface area contributed by atoms with Crippen molar-refractivity contribution in [1.82, 2.24) is 0 Å². The SMILES string of the molecule is CCOC(=O)C1=C(N)N(c2ccc(S(N)(=O)=O)cc2)C2=C(C(=O)CCC2)[C@H]1c1ccc(SC)cc1. The minimum Gasteiger partial charge on any atom is -0.463 e. The Hall–Kier alpha value is -3.08. The van der Waals surface area contributed by atoms with E-state index < -0.39 is 21.9 Å². The number of nitrogens with zero attached hydrogens (tertiary/aromatic N) is 1. The number of Topliss-reactive ketones (excluding diaryl/α,β-unsaturated/α-hetero) is 1. The molecular weight excluding hydrogens is 486 g/mol. The molecule has 0 radical (unpaired) electrons. The number of carbonyl (C=O) groups is 2. The summed E-state index contributed by atoms with van der Waals surface area (Å²) in [5.74, 6) is -1.16. The quantitative estimate of drug-likeness (QED) is 0.444. The van der Waals surface area contributed by atoms with Gasteiger partial charge in [0.1, 0.15) is 5.82 Å². The van der Waals surface area contributed by atoms with Gasteiger partial charge in [0, 0.05) is 28.3 Å². The summed E-state index contributed by atoms with van der Waals surface area (Å²) in [7, 11) is -3.88. The predicted octanol–water partition coefficient (Wildman–Crippen LogP) is 3.40. The number of primary sulfonamides is 1. The zero-order valence-electron chi connectivity index (χ0n) is 19.5. The molecule has 0 saturated carbocycles. The average molecular weight is 514 g/mol. The van der Waals surface area contributed by atoms with Crippen molar-refractivity contribution >= 4 is 39.2 Å². The van der Waals surface area contributed by atoms with Crippen molar-refractivity contribution in [2.45, 2.75) is 41.9 Å². The minimum atomic E-state index is -3.88. The number of benzene rings is 2. The number of allylic oxidation sites excluding steroid dienone is 2. The monoisotopic (exact) mass is 513 g/mol. The van der Waals surface area contributed by atoms with Gasteiger partial charge in [0.05, 0.1) is 23.0 Å². The molecule has 2 aliphatic rings. The van der Waals surface area contributed by atoms with Gasteiger partial charge < -0.3 is 10.5 Å². The summed E-state index contributed by atoms with van der Waals surface area (Å²) in [5, 5.41) is 5.24. The van der Waals surface area contributed by atoms with Crippen LogP contribution in [0, 0.1) is 0 Å². The van der Waals surface area contributed by atoms with E-state index in [2.05, 4.69) is 0 Å². The molecule has 0 spiro atoms. The Labute approximate surface area is 209 Å². The third-order valence-electron chi connectivity index (χ3n) is 6.16. The molecule has 0 unspecified atom stereocenters. The summed E-state index contributed by atoms with van der Waals surface area (Å²) in [5.41, 5.74) is 9.37. The molecule has 0 fully saturated rings. The van der Waals surface area contributed by atoms with Crippen molar-refractivity contribution in [3.63, 3.8) is 0 Å². The van der Waals surface area contributed by atoms with Gasteiger partial charge in [-0.2, -0.15) is 0 Å². The maximum atomic E-state index is 13.3. The summed E-state index contributed by atoms with van der Waals surface area (Å²) in [4.78, 5) is 29.2. The van der Waals surface area contributed by atoms with Gasteiger partial charge in [0.25, 0.3) is 0 Å². The molecule has 1 atom stereocenters. The van der Waals surface area contributed by atoms with Crippen molar-refractivity contribution in [3.8, 4) is 0 Å². The van der Waals surface area contributed by atoms with Gasteiger partial charge in [-0.15, -0.1) is 11.8 Å². The predicted molar refractivity (Wildman–Crippen MR) is 135 cm³/mol. The third kappa shape index (κ3) is 4.73. The van der Waals surface area contributed by atoms with Gasteiger partial charge >= 0.3 is 5.97 Å². The summed E-state index contributed by atoms with van der Waals surface area (Å²) in [6, 6.07) is 13.6. The fourth-order valence-corrected chi connectivity index (χ4v) is 5.53. The van der Waals surface area contributed by atoms with Crippen LogP contribution >= 0.6 is 11.8 Å². The van der Waals surface area contributed by atoms with Gasteiger partial charge in [-0.1, -0.05) is 12.1 Å². The van der Waals surface area contributed by atoms with Crippen LogP contribution in [0.15, 0.2) is 81.0 Å². The number of ether oxygens (including phenoxy) is 1. The first-order valence-corrected chi connectivity index (χ1v) is 13.9. The van der Waals surface area contributed by atoms with Crippen molar-refractivity contribution in [2.75, 3.05) is 17.8 Å². The molecular formula is C25H27N3O5S2. The highest BCUT2D eigenvalue weighted by molar-refractivity contribution is 7.98. The summed E-state index contributed by atoms with van der Waals surface area (Å²) >= 11 is 1.60. The van der Waals surface area contributed by atoms with Crippen molar-refractivity contribution in [1.29, 1.82) is 0 Å². The number of hydrogen-bond donors (Lipinski definition) is 2. The summed E-state index contributed by atoms with van der Waals surface area (Å²) in [6.45, 7) is 1.86. The molecule has 0 aromatic heterocycles. The van der Waals surface area contributed by atoms with E-state index in [1.165, 1.54) is 12.1 Å². The van der Waals surface area contributed by atoms with Gasteiger partial charge in [-0.3, -0.25) is 9.69 Å². The Balaban J connectivity index is 1.94. The van der Waals surface area contributed by atoms with Crippen LogP contribution in [-0.4, -0.2) is 33.0 Å². The molecule has 2 aromatic rings. The van der Waals surface area contributed by atoms with Gasteiger partial charge in [-0.25, -0.2) is 18.4 Å². The minimum absolute atomic E-state index is 0.0490. The van der Waals surface area contributed by atoms with Crippen molar-refractivity contribution in [2.24, 2.45) is 10.9 Å². The molecule has 35 heavy (non-hydrogen) atoms. The lowest BCUT2D eigenvalue weighted by atomic mass is 9.75. The maximum absolute atomic E-state index is 13.3. The molecule has 1 aliphatic carbocycles. The number of rotatable bonds is 6. The van der Waals surface area contributed by atoms with E-state index in [0.29, 0.717) is 36.2 Å². The van der Waals surface area contributed by atoms with Gasteiger partial charge in [-0.05, 0) is 68.0 Å². The van der Waals surface area contributed by atoms with Crippen LogP contribution in [0.1, 0.15) is 37.7 Å². The van der Waals surface area contributed by atoms with Crippen LogP contribution < -0.4 is 15.8 Å². The van der Waals surface area contributed by atoms with Crippen LogP contribution in [0.25, 0.3) is 0 Å². The molecule has 1 aliphatic heterocycles. The highest BCUT2D eigenvalue weighted by atomic mass is 32.2. The fourth-order valence-electron chi connectivity index (χ4n) is 4.61. The Morgan fingerprint density at radius 2 is 1.77 bits per heavy atom. The first kappa shape index (κ1) is 25.0. The number of nitrogens with two attached hydrogens (primary N) is 2. The lowest BCUT2D eigenvalue weighted by Gasteiger charge is -2.40. The van der Waals surface area contributed by atoms with E-state index in [1.54, 1.807) is 35.7 Å². The first-order chi connectivity index (χ1) is 16.7. The van der Waals surface area contributed by atoms with Crippen LogP contribution in [0.3, 0.4) is 0 Å². The maximum Gasteiger partial charge on any atom is 0.338 e. The molecule has 4 N–H and O–H groups in total. The number of thioether (sulfide) groups is 1. The topological polar surface area (TPSA) is 133 Å². The molecule has 0 amide bonds. The Bertz CT molecular complexity index is 1330. The highest BCUT2D eigenvalue weighted by Crippen LogP contribution is 2.47. The normalized spacial score (nSPS) is 18.5. The number of carbonyl (C=O) groups excluding carboxylic acids is 2. The van der Waals surface area contributed by atoms with Crippen LogP contribution in [-0.2, 0) is 24.3 Å². The molecule has 1 heterocycles. The van der Waals surface area contributed by atoms with Crippen molar-refractivity contribution < 1.29 is 22.7 Å². The van der Waals surface area contributed by atoms with E-state index in [-0.39, 0.29) is 28.7 Å². The molecule has 0 saturated heterocycles. The lowest BCUT2D eigenvalue weighted by Crippen LogP contribution is -2.41. The van der Waals surface area contributed by atoms with Crippen LogP contribution in [0.4, 0.5) is 5.69 Å². The molecule has 8 nitrogen and oxygen atoms in total. The Morgan fingerprint density at radius 3 is 2.34 bits per heavy atom. The van der Waals surface area contributed by atoms with E-state index in [1.807, 2.05) is 30.5 Å². The number of sulfonamides is 1. The standard InChI is InChI=1S/C25H27N3O5S2/c1-3-33-25(30)23-21(15-7-11-17(34-2)12-8-15)22-19(5-4-6-20(22)29)28(24(23)26)16-9-13-18(14-10-16)35(27,31)32/h7-14,21H,3-6,26H2,1-2H3,(H2,27,31,32)/t21-/m1/s1. The number of esters is 1. The average Bonchev–Trinajstić information content (AvgIpc) is 2.83. The second kappa shape index (κ2) is 9.88. The second-order valence-corrected chi connectivity index (χ2v) is 10.7. The zero-order chi connectivity index (χ0) is 25.3. The first-order valence-electron chi connectivity index (χ1n) is 11.2. The molecule has 4 rings (SSSR count). The van der Waals surface area contributed by atoms with E-state index in [9.17, 15) is 18.0 Å². The smallest absolute Gasteiger partial charge is 0.338 e. The Morgan fingerprint density at radius 1 is 1.11 bits per heavy atom. The molecule has 2 aromatic carbocycles. The van der Waals surface area contributed by atoms with Gasteiger partial charge in [0.2, 0.25) is 10.0 Å². The van der Waals surface area contributed by atoms with Crippen LogP contribution in [0.5, 0.6) is 0 Å². The molecule has 0 bridgehead atoms.